The summed E-state index contributed by atoms with van der Waals surface area (Å²) in [7, 11) is 0. The van der Waals surface area contributed by atoms with E-state index in [0.29, 0.717) is 17.8 Å². The molecule has 1 aliphatic rings. The molecule has 1 fully saturated rings. The van der Waals surface area contributed by atoms with Gasteiger partial charge < -0.3 is 15.5 Å². The van der Waals surface area contributed by atoms with E-state index < -0.39 is 5.38 Å². The summed E-state index contributed by atoms with van der Waals surface area (Å²) in [5.74, 6) is -0.447. The summed E-state index contributed by atoms with van der Waals surface area (Å²) in [4.78, 5) is 27.0. The predicted octanol–water partition coefficient (Wildman–Crippen LogP) is 3.78. The first-order chi connectivity index (χ1) is 13.0. The van der Waals surface area contributed by atoms with E-state index in [2.05, 4.69) is 15.5 Å². The van der Waals surface area contributed by atoms with Crippen LogP contribution in [0.5, 0.6) is 0 Å². The Hall–Kier alpha value is -2.53. The van der Waals surface area contributed by atoms with E-state index >= 15 is 0 Å². The second-order valence-electron chi connectivity index (χ2n) is 6.70. The van der Waals surface area contributed by atoms with Gasteiger partial charge in [0, 0.05) is 31.0 Å². The van der Waals surface area contributed by atoms with Crippen molar-refractivity contribution in [3.63, 3.8) is 0 Å². The lowest BCUT2D eigenvalue weighted by molar-refractivity contribution is -0.115. The van der Waals surface area contributed by atoms with Crippen molar-refractivity contribution in [2.24, 2.45) is 0 Å². The van der Waals surface area contributed by atoms with Crippen LogP contribution in [-0.2, 0) is 11.3 Å². The Bertz CT molecular complexity index is 802. The van der Waals surface area contributed by atoms with Gasteiger partial charge in [-0.3, -0.25) is 9.59 Å². The number of nitrogens with zero attached hydrogens (tertiary/aromatic N) is 1. The second kappa shape index (κ2) is 8.91. The number of halogens is 1. The summed E-state index contributed by atoms with van der Waals surface area (Å²) in [5, 5.41) is 5.10. The molecular formula is C21H24ClN3O2. The van der Waals surface area contributed by atoms with Crippen LogP contribution in [0.3, 0.4) is 0 Å². The van der Waals surface area contributed by atoms with Crippen molar-refractivity contribution >= 4 is 34.8 Å². The molecule has 0 aromatic heterocycles. The Morgan fingerprint density at radius 1 is 1.11 bits per heavy atom. The van der Waals surface area contributed by atoms with Crippen LogP contribution in [-0.4, -0.2) is 30.3 Å². The van der Waals surface area contributed by atoms with E-state index in [1.54, 1.807) is 13.0 Å². The van der Waals surface area contributed by atoms with Crippen LogP contribution >= 0.6 is 11.6 Å². The third-order valence-electron chi connectivity index (χ3n) is 4.61. The average Bonchev–Trinajstić information content (AvgIpc) is 3.21. The highest BCUT2D eigenvalue weighted by atomic mass is 35.5. The number of hydrogen-bond donors (Lipinski definition) is 2. The molecule has 2 aromatic carbocycles. The fourth-order valence-electron chi connectivity index (χ4n) is 3.14. The molecule has 3 rings (SSSR count). The van der Waals surface area contributed by atoms with Crippen LogP contribution in [0.25, 0.3) is 0 Å². The number of amides is 2. The van der Waals surface area contributed by atoms with Gasteiger partial charge in [-0.05, 0) is 43.5 Å². The number of carbonyl (C=O) groups excluding carboxylic acids is 2. The lowest BCUT2D eigenvalue weighted by atomic mass is 10.1. The maximum atomic E-state index is 12.9. The number of benzene rings is 2. The maximum Gasteiger partial charge on any atom is 0.253 e. The topological polar surface area (TPSA) is 61.4 Å². The molecule has 0 saturated carbocycles. The Kier molecular flexibility index (Phi) is 6.35. The smallest absolute Gasteiger partial charge is 0.253 e. The predicted molar refractivity (Wildman–Crippen MR) is 109 cm³/mol. The number of rotatable bonds is 6. The van der Waals surface area contributed by atoms with Crippen molar-refractivity contribution < 1.29 is 9.59 Å². The number of hydrogen-bond acceptors (Lipinski definition) is 3. The largest absolute Gasteiger partial charge is 0.371 e. The summed E-state index contributed by atoms with van der Waals surface area (Å²) in [6.45, 7) is 3.93. The molecule has 5 nitrogen and oxygen atoms in total. The SMILES string of the molecule is C[C@H](Cl)C(=O)Nc1ccc(N2CCCC2)c(C(=O)NCc2ccccc2)c1. The summed E-state index contributed by atoms with van der Waals surface area (Å²) in [5.41, 5.74) is 3.07. The number of nitrogens with one attached hydrogen (secondary N) is 2. The molecule has 27 heavy (non-hydrogen) atoms. The molecule has 0 spiro atoms. The third kappa shape index (κ3) is 5.01. The molecule has 1 atom stereocenters. The highest BCUT2D eigenvalue weighted by Crippen LogP contribution is 2.28. The highest BCUT2D eigenvalue weighted by Gasteiger charge is 2.21. The minimum absolute atomic E-state index is 0.157. The molecule has 2 aromatic rings. The quantitative estimate of drug-likeness (QED) is 0.744. The number of carbonyl (C=O) groups is 2. The van der Waals surface area contributed by atoms with Gasteiger partial charge in [0.1, 0.15) is 5.38 Å². The molecule has 1 aliphatic heterocycles. The monoisotopic (exact) mass is 385 g/mol. The van der Waals surface area contributed by atoms with Gasteiger partial charge in [-0.2, -0.15) is 0 Å². The van der Waals surface area contributed by atoms with Crippen molar-refractivity contribution in [2.45, 2.75) is 31.7 Å². The first kappa shape index (κ1) is 19.2. The Labute approximate surface area is 164 Å². The zero-order valence-corrected chi connectivity index (χ0v) is 16.1. The molecule has 0 bridgehead atoms. The zero-order chi connectivity index (χ0) is 19.2. The van der Waals surface area contributed by atoms with Gasteiger partial charge in [-0.25, -0.2) is 0 Å². The lowest BCUT2D eigenvalue weighted by Gasteiger charge is -2.22. The summed E-state index contributed by atoms with van der Waals surface area (Å²) < 4.78 is 0. The third-order valence-corrected chi connectivity index (χ3v) is 4.81. The van der Waals surface area contributed by atoms with Gasteiger partial charge in [0.15, 0.2) is 0 Å². The summed E-state index contributed by atoms with van der Waals surface area (Å²) >= 11 is 5.83. The molecule has 6 heteroatoms. The lowest BCUT2D eigenvalue weighted by Crippen LogP contribution is -2.28. The van der Waals surface area contributed by atoms with Gasteiger partial charge in [-0.15, -0.1) is 11.6 Å². The molecule has 0 unspecified atom stereocenters. The standard InChI is InChI=1S/C21H24ClN3O2/c1-15(22)20(26)24-17-9-10-19(25-11-5-6-12-25)18(13-17)21(27)23-14-16-7-3-2-4-8-16/h2-4,7-10,13,15H,5-6,11-12,14H2,1H3,(H,23,27)(H,24,26)/t15-/m0/s1. The van der Waals surface area contributed by atoms with Crippen LogP contribution in [0.1, 0.15) is 35.7 Å². The van der Waals surface area contributed by atoms with Crippen molar-refractivity contribution in [3.05, 3.63) is 59.7 Å². The average molecular weight is 386 g/mol. The van der Waals surface area contributed by atoms with E-state index in [9.17, 15) is 9.59 Å². The van der Waals surface area contributed by atoms with Crippen molar-refractivity contribution in [2.75, 3.05) is 23.3 Å². The molecule has 2 amide bonds. The van der Waals surface area contributed by atoms with E-state index in [4.69, 9.17) is 11.6 Å². The van der Waals surface area contributed by atoms with Crippen LogP contribution in [0.15, 0.2) is 48.5 Å². The summed E-state index contributed by atoms with van der Waals surface area (Å²) in [6, 6.07) is 15.2. The molecule has 1 heterocycles. The van der Waals surface area contributed by atoms with Crippen molar-refractivity contribution in [1.82, 2.24) is 5.32 Å². The van der Waals surface area contributed by atoms with Gasteiger partial charge in [0.2, 0.25) is 5.91 Å². The first-order valence-corrected chi connectivity index (χ1v) is 9.64. The zero-order valence-electron chi connectivity index (χ0n) is 15.4. The summed E-state index contributed by atoms with van der Waals surface area (Å²) in [6.07, 6.45) is 2.24. The Balaban J connectivity index is 1.82. The van der Waals surface area contributed by atoms with Gasteiger partial charge in [0.25, 0.3) is 5.91 Å². The molecule has 142 valence electrons. The molecule has 1 saturated heterocycles. The molecule has 2 N–H and O–H groups in total. The van der Waals surface area contributed by atoms with Crippen molar-refractivity contribution in [1.29, 1.82) is 0 Å². The maximum absolute atomic E-state index is 12.9. The fourth-order valence-corrected chi connectivity index (χ4v) is 3.20. The fraction of sp³-hybridized carbons (Fsp3) is 0.333. The minimum Gasteiger partial charge on any atom is -0.371 e. The first-order valence-electron chi connectivity index (χ1n) is 9.20. The van der Waals surface area contributed by atoms with E-state index in [0.717, 1.165) is 37.2 Å². The Morgan fingerprint density at radius 3 is 2.48 bits per heavy atom. The van der Waals surface area contributed by atoms with Crippen LogP contribution < -0.4 is 15.5 Å². The van der Waals surface area contributed by atoms with Crippen LogP contribution in [0, 0.1) is 0 Å². The van der Waals surface area contributed by atoms with Gasteiger partial charge in [-0.1, -0.05) is 30.3 Å². The minimum atomic E-state index is -0.640. The van der Waals surface area contributed by atoms with Crippen LogP contribution in [0.2, 0.25) is 0 Å². The Morgan fingerprint density at radius 2 is 1.81 bits per heavy atom. The van der Waals surface area contributed by atoms with Crippen molar-refractivity contribution in [3.8, 4) is 0 Å². The van der Waals surface area contributed by atoms with Gasteiger partial charge in [0.05, 0.1) is 5.56 Å². The normalized spacial score (nSPS) is 14.7. The second-order valence-corrected chi connectivity index (χ2v) is 7.35. The molecule has 0 aliphatic carbocycles. The molecule has 0 radical (unpaired) electrons. The number of anilines is 2. The van der Waals surface area contributed by atoms with E-state index in [1.807, 2.05) is 42.5 Å². The van der Waals surface area contributed by atoms with E-state index in [-0.39, 0.29) is 11.8 Å². The van der Waals surface area contributed by atoms with Gasteiger partial charge >= 0.3 is 0 Å². The molecular weight excluding hydrogens is 362 g/mol. The number of alkyl halides is 1. The highest BCUT2D eigenvalue weighted by molar-refractivity contribution is 6.32. The van der Waals surface area contributed by atoms with E-state index in [1.165, 1.54) is 0 Å². The van der Waals surface area contributed by atoms with Crippen LogP contribution in [0.4, 0.5) is 11.4 Å².